The van der Waals surface area contributed by atoms with Crippen molar-refractivity contribution in [3.05, 3.63) is 120 Å². The van der Waals surface area contributed by atoms with Crippen molar-refractivity contribution < 1.29 is 52.2 Å². The normalized spacial score (nSPS) is 13.0. The van der Waals surface area contributed by atoms with Gasteiger partial charge < -0.3 is 42.6 Å². The predicted octanol–water partition coefficient (Wildman–Crippen LogP) is 4.05. The van der Waals surface area contributed by atoms with Crippen molar-refractivity contribution in [3.8, 4) is 0 Å². The van der Waals surface area contributed by atoms with Crippen LogP contribution in [0.1, 0.15) is 16.7 Å². The van der Waals surface area contributed by atoms with Gasteiger partial charge in [0.1, 0.15) is 5.60 Å². The average molecular weight is 736 g/mol. The van der Waals surface area contributed by atoms with E-state index in [9.17, 15) is 9.59 Å². The van der Waals surface area contributed by atoms with Gasteiger partial charge in [0.15, 0.2) is 0 Å². The van der Waals surface area contributed by atoms with Gasteiger partial charge in [0.2, 0.25) is 0 Å². The monoisotopic (exact) mass is 735 g/mol. The zero-order valence-electron chi connectivity index (χ0n) is 30.5. The van der Waals surface area contributed by atoms with E-state index < -0.39 is 5.60 Å². The molecule has 1 aliphatic heterocycles. The van der Waals surface area contributed by atoms with Crippen LogP contribution in [0.3, 0.4) is 0 Å². The molecule has 12 heteroatoms. The molecule has 2 amide bonds. The molecule has 0 fully saturated rings. The molecule has 3 aromatic rings. The molecule has 288 valence electrons. The standard InChI is InChI=1S/C41H53NO11/c43-39-16-17-40(44)42(39)18-19-45-20-21-46-22-23-47-24-25-48-26-27-49-28-29-50-30-31-51-32-33-52-34-35-53-41(36-10-4-1-5-11-36,37-12-6-2-7-13-37)38-14-8-3-9-15-38/h1-17H,18-35H2. The van der Waals surface area contributed by atoms with Crippen molar-refractivity contribution in [2.45, 2.75) is 5.60 Å². The lowest BCUT2D eigenvalue weighted by Gasteiger charge is -2.36. The Hall–Kier alpha value is -3.82. The number of imide groups is 1. The van der Waals surface area contributed by atoms with E-state index in [2.05, 4.69) is 36.4 Å². The summed E-state index contributed by atoms with van der Waals surface area (Å²) >= 11 is 0. The Balaban J connectivity index is 0.906. The van der Waals surface area contributed by atoms with Gasteiger partial charge in [-0.15, -0.1) is 0 Å². The highest BCUT2D eigenvalue weighted by Crippen LogP contribution is 2.40. The molecule has 0 saturated carbocycles. The van der Waals surface area contributed by atoms with E-state index in [0.29, 0.717) is 106 Å². The fourth-order valence-corrected chi connectivity index (χ4v) is 5.47. The summed E-state index contributed by atoms with van der Waals surface area (Å²) in [7, 11) is 0. The van der Waals surface area contributed by atoms with Gasteiger partial charge in [0.25, 0.3) is 11.8 Å². The molecule has 0 radical (unpaired) electrons. The molecule has 0 saturated heterocycles. The summed E-state index contributed by atoms with van der Waals surface area (Å²) in [5.74, 6) is -0.613. The van der Waals surface area contributed by atoms with Gasteiger partial charge in [-0.1, -0.05) is 91.0 Å². The lowest BCUT2D eigenvalue weighted by Crippen LogP contribution is -2.34. The third-order valence-electron chi connectivity index (χ3n) is 8.05. The van der Waals surface area contributed by atoms with E-state index >= 15 is 0 Å². The van der Waals surface area contributed by atoms with Gasteiger partial charge in [-0.3, -0.25) is 14.5 Å². The van der Waals surface area contributed by atoms with E-state index in [-0.39, 0.29) is 25.0 Å². The van der Waals surface area contributed by atoms with Crippen molar-refractivity contribution in [1.82, 2.24) is 4.90 Å². The summed E-state index contributed by atoms with van der Waals surface area (Å²) in [6, 6.07) is 30.9. The molecule has 0 aliphatic carbocycles. The molecule has 4 rings (SSSR count). The third-order valence-corrected chi connectivity index (χ3v) is 8.05. The minimum absolute atomic E-state index is 0.238. The first-order valence-electron chi connectivity index (χ1n) is 18.2. The van der Waals surface area contributed by atoms with Crippen LogP contribution in [-0.4, -0.2) is 136 Å². The quantitative estimate of drug-likeness (QED) is 0.0541. The Kier molecular flexibility index (Phi) is 20.6. The Morgan fingerprint density at radius 1 is 0.358 bits per heavy atom. The maximum atomic E-state index is 11.4. The summed E-state index contributed by atoms with van der Waals surface area (Å²) in [5, 5.41) is 0. The van der Waals surface area contributed by atoms with Gasteiger partial charge in [-0.2, -0.15) is 0 Å². The largest absolute Gasteiger partial charge is 0.377 e. The topological polar surface area (TPSA) is 120 Å². The SMILES string of the molecule is O=C1C=CC(=O)N1CCOCCOCCOCCOCCOCCOCCOCCOCCOC(c1ccccc1)(c1ccccc1)c1ccccc1. The molecule has 0 unspecified atom stereocenters. The fourth-order valence-electron chi connectivity index (χ4n) is 5.47. The first-order chi connectivity index (χ1) is 26.2. The van der Waals surface area contributed by atoms with Crippen molar-refractivity contribution in [3.63, 3.8) is 0 Å². The van der Waals surface area contributed by atoms with Crippen LogP contribution in [0.25, 0.3) is 0 Å². The average Bonchev–Trinajstić information content (AvgIpc) is 3.52. The van der Waals surface area contributed by atoms with Crippen molar-refractivity contribution in [2.75, 3.05) is 119 Å². The Bertz CT molecular complexity index is 1310. The van der Waals surface area contributed by atoms with Crippen LogP contribution >= 0.6 is 0 Å². The van der Waals surface area contributed by atoms with Crippen molar-refractivity contribution in [1.29, 1.82) is 0 Å². The number of ether oxygens (including phenoxy) is 9. The number of carbonyl (C=O) groups is 2. The minimum Gasteiger partial charge on any atom is -0.377 e. The second-order valence-corrected chi connectivity index (χ2v) is 11.7. The van der Waals surface area contributed by atoms with Crippen LogP contribution in [0.2, 0.25) is 0 Å². The smallest absolute Gasteiger partial charge is 0.253 e. The number of amides is 2. The Morgan fingerprint density at radius 2 is 0.623 bits per heavy atom. The second kappa shape index (κ2) is 26.0. The lowest BCUT2D eigenvalue weighted by molar-refractivity contribution is -0.137. The molecule has 1 aliphatic rings. The number of rotatable bonds is 31. The van der Waals surface area contributed by atoms with E-state index in [1.165, 1.54) is 12.2 Å². The molecule has 0 spiro atoms. The van der Waals surface area contributed by atoms with Gasteiger partial charge in [0.05, 0.1) is 119 Å². The van der Waals surface area contributed by atoms with Crippen LogP contribution < -0.4 is 0 Å². The first-order valence-corrected chi connectivity index (χ1v) is 18.2. The van der Waals surface area contributed by atoms with E-state index in [1.54, 1.807) is 0 Å². The molecular weight excluding hydrogens is 682 g/mol. The fraction of sp³-hybridized carbons (Fsp3) is 0.463. The van der Waals surface area contributed by atoms with Gasteiger partial charge in [0, 0.05) is 12.2 Å². The molecule has 3 aromatic carbocycles. The van der Waals surface area contributed by atoms with E-state index in [1.807, 2.05) is 54.6 Å². The summed E-state index contributed by atoms with van der Waals surface area (Å²) in [4.78, 5) is 24.0. The van der Waals surface area contributed by atoms with Crippen LogP contribution in [0.4, 0.5) is 0 Å². The minimum atomic E-state index is -0.758. The van der Waals surface area contributed by atoms with Gasteiger partial charge >= 0.3 is 0 Å². The lowest BCUT2D eigenvalue weighted by atomic mass is 9.80. The molecule has 0 N–H and O–H groups in total. The van der Waals surface area contributed by atoms with Crippen LogP contribution in [0, 0.1) is 0 Å². The molecular formula is C41H53NO11. The maximum absolute atomic E-state index is 11.4. The van der Waals surface area contributed by atoms with Crippen molar-refractivity contribution >= 4 is 11.8 Å². The molecule has 0 bridgehead atoms. The number of carbonyl (C=O) groups excluding carboxylic acids is 2. The summed E-state index contributed by atoms with van der Waals surface area (Å²) in [6.07, 6.45) is 2.51. The highest BCUT2D eigenvalue weighted by Gasteiger charge is 2.37. The molecule has 12 nitrogen and oxygen atoms in total. The van der Waals surface area contributed by atoms with E-state index in [0.717, 1.165) is 21.6 Å². The number of hydrogen-bond donors (Lipinski definition) is 0. The molecule has 53 heavy (non-hydrogen) atoms. The maximum Gasteiger partial charge on any atom is 0.253 e. The number of nitrogens with zero attached hydrogens (tertiary/aromatic N) is 1. The highest BCUT2D eigenvalue weighted by molar-refractivity contribution is 6.12. The number of hydrogen-bond acceptors (Lipinski definition) is 11. The van der Waals surface area contributed by atoms with Gasteiger partial charge in [-0.25, -0.2) is 0 Å². The zero-order valence-corrected chi connectivity index (χ0v) is 30.5. The van der Waals surface area contributed by atoms with Crippen LogP contribution in [0.5, 0.6) is 0 Å². The van der Waals surface area contributed by atoms with Gasteiger partial charge in [-0.05, 0) is 16.7 Å². The predicted molar refractivity (Wildman–Crippen MR) is 198 cm³/mol. The zero-order chi connectivity index (χ0) is 37.1. The molecule has 0 atom stereocenters. The van der Waals surface area contributed by atoms with Crippen molar-refractivity contribution in [2.24, 2.45) is 0 Å². The Morgan fingerprint density at radius 3 is 0.925 bits per heavy atom. The first kappa shape index (κ1) is 41.9. The Labute approximate surface area is 312 Å². The van der Waals surface area contributed by atoms with Crippen LogP contribution in [0.15, 0.2) is 103 Å². The summed E-state index contributed by atoms with van der Waals surface area (Å²) in [5.41, 5.74) is 2.42. The third kappa shape index (κ3) is 15.2. The number of benzene rings is 3. The highest BCUT2D eigenvalue weighted by atomic mass is 16.6. The van der Waals surface area contributed by atoms with Crippen LogP contribution in [-0.2, 0) is 57.8 Å². The molecule has 0 aromatic heterocycles. The summed E-state index contributed by atoms with van der Waals surface area (Å²) in [6.45, 7) is 7.75. The second-order valence-electron chi connectivity index (χ2n) is 11.7. The van der Waals surface area contributed by atoms with E-state index in [4.69, 9.17) is 42.6 Å². The summed E-state index contributed by atoms with van der Waals surface area (Å²) < 4.78 is 51.1. The molecule has 1 heterocycles.